The predicted octanol–water partition coefficient (Wildman–Crippen LogP) is 0.566. The lowest BCUT2D eigenvalue weighted by atomic mass is 10.0. The van der Waals surface area contributed by atoms with E-state index in [0.29, 0.717) is 24.4 Å². The average Bonchev–Trinajstić information content (AvgIpc) is 2.91. The van der Waals surface area contributed by atoms with Gasteiger partial charge in [0.15, 0.2) is 0 Å². The van der Waals surface area contributed by atoms with Crippen molar-refractivity contribution in [3.8, 4) is 0 Å². The summed E-state index contributed by atoms with van der Waals surface area (Å²) in [5.74, 6) is 0.945. The fraction of sp³-hybridized carbons (Fsp3) is 0.636. The first kappa shape index (κ1) is 9.91. The number of hydrogen-bond donors (Lipinski definition) is 0. The topological polar surface area (TPSA) is 47.4 Å². The van der Waals surface area contributed by atoms with Crippen molar-refractivity contribution in [2.75, 3.05) is 18.1 Å². The highest BCUT2D eigenvalue weighted by atomic mass is 35.5. The molecular formula is C11H12ClN3O2. The van der Waals surface area contributed by atoms with Gasteiger partial charge in [0.2, 0.25) is 0 Å². The van der Waals surface area contributed by atoms with Crippen molar-refractivity contribution in [3.05, 3.63) is 21.2 Å². The molecule has 1 aromatic heterocycles. The van der Waals surface area contributed by atoms with Gasteiger partial charge in [0.1, 0.15) is 11.0 Å². The maximum atomic E-state index is 11.9. The zero-order chi connectivity index (χ0) is 11.8. The zero-order valence-electron chi connectivity index (χ0n) is 9.44. The number of morpholine rings is 1. The molecule has 2 saturated heterocycles. The Morgan fingerprint density at radius 2 is 2.41 bits per heavy atom. The van der Waals surface area contributed by atoms with Crippen molar-refractivity contribution < 1.29 is 4.74 Å². The van der Waals surface area contributed by atoms with Crippen LogP contribution in [0.2, 0.25) is 5.15 Å². The van der Waals surface area contributed by atoms with Gasteiger partial charge in [-0.25, -0.2) is 4.79 Å². The normalized spacial score (nSPS) is 33.1. The van der Waals surface area contributed by atoms with Crippen molar-refractivity contribution in [3.63, 3.8) is 0 Å². The molecule has 90 valence electrons. The van der Waals surface area contributed by atoms with Gasteiger partial charge in [-0.05, 0) is 6.92 Å². The second kappa shape index (κ2) is 2.84. The Bertz CT molecular complexity index is 585. The molecule has 4 heterocycles. The van der Waals surface area contributed by atoms with E-state index >= 15 is 0 Å². The highest BCUT2D eigenvalue weighted by molar-refractivity contribution is 6.30. The number of anilines is 1. The molecule has 17 heavy (non-hydrogen) atoms. The summed E-state index contributed by atoms with van der Waals surface area (Å²) in [6, 6.07) is 0. The van der Waals surface area contributed by atoms with Gasteiger partial charge in [0.25, 0.3) is 0 Å². The Hall–Kier alpha value is -1.07. The van der Waals surface area contributed by atoms with Crippen molar-refractivity contribution in [1.29, 1.82) is 0 Å². The summed E-state index contributed by atoms with van der Waals surface area (Å²) in [4.78, 5) is 18.0. The number of hydrogen-bond acceptors (Lipinski definition) is 4. The molecule has 4 rings (SSSR count). The van der Waals surface area contributed by atoms with E-state index in [1.165, 1.54) is 0 Å². The van der Waals surface area contributed by atoms with Crippen LogP contribution in [0.1, 0.15) is 12.0 Å². The number of fused-ring (bicyclic) bond motifs is 3. The van der Waals surface area contributed by atoms with Crippen molar-refractivity contribution in [1.82, 2.24) is 9.55 Å². The molecule has 2 fully saturated rings. The minimum Gasteiger partial charge on any atom is -0.374 e. The van der Waals surface area contributed by atoms with E-state index in [9.17, 15) is 4.79 Å². The fourth-order valence-electron chi connectivity index (χ4n) is 3.42. The highest BCUT2D eigenvalue weighted by Gasteiger charge is 2.57. The van der Waals surface area contributed by atoms with Crippen LogP contribution >= 0.6 is 11.6 Å². The van der Waals surface area contributed by atoms with Gasteiger partial charge in [-0.2, -0.15) is 4.98 Å². The van der Waals surface area contributed by atoms with Crippen molar-refractivity contribution in [2.24, 2.45) is 0 Å². The van der Waals surface area contributed by atoms with Crippen LogP contribution in [0.5, 0.6) is 0 Å². The molecule has 0 N–H and O–H groups in total. The minimum atomic E-state index is -0.247. The molecule has 0 aliphatic carbocycles. The van der Waals surface area contributed by atoms with Crippen LogP contribution in [-0.2, 0) is 11.3 Å². The van der Waals surface area contributed by atoms with Crippen LogP contribution in [0.15, 0.2) is 4.79 Å². The van der Waals surface area contributed by atoms with Gasteiger partial charge in [0.05, 0.1) is 24.8 Å². The quantitative estimate of drug-likeness (QED) is 0.634. The average molecular weight is 254 g/mol. The number of halogens is 1. The van der Waals surface area contributed by atoms with Crippen LogP contribution in [-0.4, -0.2) is 34.3 Å². The third kappa shape index (κ3) is 1.04. The molecule has 2 atom stereocenters. The number of nitrogens with zero attached hydrogens (tertiary/aromatic N) is 3. The smallest absolute Gasteiger partial charge is 0.350 e. The van der Waals surface area contributed by atoms with E-state index in [4.69, 9.17) is 16.3 Å². The molecule has 3 aliphatic rings. The highest BCUT2D eigenvalue weighted by Crippen LogP contribution is 2.47. The van der Waals surface area contributed by atoms with Crippen LogP contribution in [0, 0.1) is 6.92 Å². The number of aromatic nitrogens is 2. The van der Waals surface area contributed by atoms with Crippen LogP contribution < -0.4 is 10.6 Å². The van der Waals surface area contributed by atoms with E-state index in [0.717, 1.165) is 24.3 Å². The zero-order valence-corrected chi connectivity index (χ0v) is 10.2. The second-order valence-corrected chi connectivity index (χ2v) is 5.55. The predicted molar refractivity (Wildman–Crippen MR) is 62.7 cm³/mol. The Labute approximate surface area is 103 Å². The molecule has 5 nitrogen and oxygen atoms in total. The lowest BCUT2D eigenvalue weighted by Gasteiger charge is -2.32. The first-order valence-corrected chi connectivity index (χ1v) is 6.15. The first-order chi connectivity index (χ1) is 8.11. The Morgan fingerprint density at radius 1 is 1.59 bits per heavy atom. The van der Waals surface area contributed by atoms with Crippen molar-refractivity contribution in [2.45, 2.75) is 31.5 Å². The second-order valence-electron chi connectivity index (χ2n) is 5.19. The Balaban J connectivity index is 1.98. The van der Waals surface area contributed by atoms with Gasteiger partial charge < -0.3 is 9.64 Å². The molecule has 0 radical (unpaired) electrons. The standard InChI is InChI=1S/C11H12ClN3O2/c1-6-8(12)13-10(16)14-4-11-2-7(17-5-11)3-15(11)9(6)14/h7H,2-5H2,1H3/t7-,11+/m0/s1. The molecule has 0 unspecified atom stereocenters. The summed E-state index contributed by atoms with van der Waals surface area (Å²) in [5, 5.41) is 0.321. The van der Waals surface area contributed by atoms with Crippen LogP contribution in [0.4, 0.5) is 5.82 Å². The summed E-state index contributed by atoms with van der Waals surface area (Å²) >= 11 is 6.01. The van der Waals surface area contributed by atoms with Gasteiger partial charge in [0, 0.05) is 18.5 Å². The van der Waals surface area contributed by atoms with Crippen LogP contribution in [0.25, 0.3) is 0 Å². The molecule has 0 aromatic carbocycles. The van der Waals surface area contributed by atoms with E-state index in [-0.39, 0.29) is 11.2 Å². The Morgan fingerprint density at radius 3 is 3.18 bits per heavy atom. The molecule has 3 aliphatic heterocycles. The fourth-order valence-corrected chi connectivity index (χ4v) is 3.58. The summed E-state index contributed by atoms with van der Waals surface area (Å²) in [6.45, 7) is 4.17. The van der Waals surface area contributed by atoms with E-state index in [1.807, 2.05) is 6.92 Å². The summed E-state index contributed by atoms with van der Waals surface area (Å²) < 4.78 is 7.43. The molecule has 6 heteroatoms. The van der Waals surface area contributed by atoms with Crippen LogP contribution in [0.3, 0.4) is 0 Å². The first-order valence-electron chi connectivity index (χ1n) is 5.77. The summed E-state index contributed by atoms with van der Waals surface area (Å²) in [6.07, 6.45) is 1.32. The Kier molecular flexibility index (Phi) is 1.66. The summed E-state index contributed by atoms with van der Waals surface area (Å²) in [7, 11) is 0. The molecule has 1 aromatic rings. The van der Waals surface area contributed by atoms with Gasteiger partial charge in [-0.1, -0.05) is 11.6 Å². The molecule has 0 saturated carbocycles. The minimum absolute atomic E-state index is 0.0199. The number of ether oxygens (including phenoxy) is 1. The largest absolute Gasteiger partial charge is 0.374 e. The third-order valence-corrected chi connectivity index (χ3v) is 4.56. The van der Waals surface area contributed by atoms with Gasteiger partial charge >= 0.3 is 5.69 Å². The monoisotopic (exact) mass is 253 g/mol. The summed E-state index contributed by atoms with van der Waals surface area (Å²) in [5.41, 5.74) is 0.632. The maximum absolute atomic E-state index is 11.9. The van der Waals surface area contributed by atoms with Gasteiger partial charge in [-0.15, -0.1) is 0 Å². The van der Waals surface area contributed by atoms with E-state index < -0.39 is 0 Å². The lowest BCUT2D eigenvalue weighted by molar-refractivity contribution is 0.0856. The molecule has 2 bridgehead atoms. The molecular weight excluding hydrogens is 242 g/mol. The third-order valence-electron chi connectivity index (χ3n) is 4.19. The van der Waals surface area contributed by atoms with Crippen molar-refractivity contribution >= 4 is 17.4 Å². The van der Waals surface area contributed by atoms with E-state index in [1.54, 1.807) is 4.57 Å². The SMILES string of the molecule is Cc1c(Cl)nc(=O)n2c1N1C[C@@H]3C[C@]1(CO3)C2. The molecule has 1 spiro atoms. The van der Waals surface area contributed by atoms with E-state index in [2.05, 4.69) is 9.88 Å². The maximum Gasteiger partial charge on any atom is 0.350 e. The number of rotatable bonds is 0. The molecule has 0 amide bonds. The lowest BCUT2D eigenvalue weighted by Crippen LogP contribution is -2.46. The van der Waals surface area contributed by atoms with Gasteiger partial charge in [-0.3, -0.25) is 4.57 Å².